The van der Waals surface area contributed by atoms with E-state index >= 15 is 0 Å². The lowest BCUT2D eigenvalue weighted by molar-refractivity contribution is -0.134. The molecule has 0 radical (unpaired) electrons. The first-order valence-electron chi connectivity index (χ1n) is 8.72. The second-order valence-electron chi connectivity index (χ2n) is 6.09. The van der Waals surface area contributed by atoms with E-state index in [4.69, 9.17) is 10.5 Å². The van der Waals surface area contributed by atoms with Crippen molar-refractivity contribution in [2.24, 2.45) is 5.73 Å². The van der Waals surface area contributed by atoms with Gasteiger partial charge in [-0.1, -0.05) is 43.7 Å². The summed E-state index contributed by atoms with van der Waals surface area (Å²) < 4.78 is 5.16. The molecule has 0 aliphatic rings. The minimum absolute atomic E-state index is 0.0305. The average Bonchev–Trinajstić information content (AvgIpc) is 2.65. The van der Waals surface area contributed by atoms with Gasteiger partial charge in [-0.3, -0.25) is 14.4 Å². The molecular weight excluding hydrogens is 330 g/mol. The lowest BCUT2D eigenvalue weighted by Crippen LogP contribution is -2.13. The van der Waals surface area contributed by atoms with Crippen molar-refractivity contribution in [1.82, 2.24) is 0 Å². The molecule has 5 heteroatoms. The van der Waals surface area contributed by atoms with Gasteiger partial charge in [-0.25, -0.2) is 0 Å². The van der Waals surface area contributed by atoms with E-state index in [1.165, 1.54) is 17.7 Å². The van der Waals surface area contributed by atoms with Crippen LogP contribution in [0.15, 0.2) is 48.5 Å². The summed E-state index contributed by atoms with van der Waals surface area (Å²) in [7, 11) is 0. The third-order valence-corrected chi connectivity index (χ3v) is 4.00. The van der Waals surface area contributed by atoms with Crippen LogP contribution in [0.1, 0.15) is 58.9 Å². The van der Waals surface area contributed by atoms with E-state index in [2.05, 4.69) is 6.92 Å². The Morgan fingerprint density at radius 2 is 1.69 bits per heavy atom. The number of carbonyl (C=O) groups excluding carboxylic acids is 3. The van der Waals surface area contributed by atoms with E-state index in [0.717, 1.165) is 19.3 Å². The van der Waals surface area contributed by atoms with Gasteiger partial charge in [0.15, 0.2) is 5.78 Å². The molecule has 1 amide bonds. The SMILES string of the molecule is CCCCc1ccc(C(=O)CCC(=O)Oc2cccc(C(N)=O)c2)cc1. The normalized spacial score (nSPS) is 10.3. The second-order valence-corrected chi connectivity index (χ2v) is 6.09. The van der Waals surface area contributed by atoms with Gasteiger partial charge in [0, 0.05) is 17.5 Å². The summed E-state index contributed by atoms with van der Waals surface area (Å²) >= 11 is 0. The van der Waals surface area contributed by atoms with Gasteiger partial charge >= 0.3 is 5.97 Å². The van der Waals surface area contributed by atoms with Crippen LogP contribution < -0.4 is 10.5 Å². The summed E-state index contributed by atoms with van der Waals surface area (Å²) in [6.45, 7) is 2.14. The average molecular weight is 353 g/mol. The van der Waals surface area contributed by atoms with Crippen LogP contribution in [0.4, 0.5) is 0 Å². The number of hydrogen-bond acceptors (Lipinski definition) is 4. The quantitative estimate of drug-likeness (QED) is 0.423. The van der Waals surface area contributed by atoms with Crippen molar-refractivity contribution in [1.29, 1.82) is 0 Å². The molecule has 0 unspecified atom stereocenters. The molecule has 0 spiro atoms. The maximum absolute atomic E-state index is 12.2. The van der Waals surface area contributed by atoms with Gasteiger partial charge in [0.2, 0.25) is 5.91 Å². The Hall–Kier alpha value is -2.95. The van der Waals surface area contributed by atoms with E-state index in [1.807, 2.05) is 12.1 Å². The fourth-order valence-corrected chi connectivity index (χ4v) is 2.49. The predicted octanol–water partition coefficient (Wildman–Crippen LogP) is 3.70. The number of hydrogen-bond donors (Lipinski definition) is 1. The van der Waals surface area contributed by atoms with Crippen molar-refractivity contribution < 1.29 is 19.1 Å². The van der Waals surface area contributed by atoms with Crippen LogP contribution in [0.5, 0.6) is 5.75 Å². The highest BCUT2D eigenvalue weighted by molar-refractivity contribution is 5.97. The minimum Gasteiger partial charge on any atom is -0.426 e. The number of aryl methyl sites for hydroxylation is 1. The largest absolute Gasteiger partial charge is 0.426 e. The molecule has 26 heavy (non-hydrogen) atoms. The first-order chi connectivity index (χ1) is 12.5. The Morgan fingerprint density at radius 3 is 2.35 bits per heavy atom. The van der Waals surface area contributed by atoms with Gasteiger partial charge in [-0.15, -0.1) is 0 Å². The zero-order valence-corrected chi connectivity index (χ0v) is 14.9. The molecule has 5 nitrogen and oxygen atoms in total. The van der Waals surface area contributed by atoms with E-state index in [1.54, 1.807) is 24.3 Å². The molecule has 0 bridgehead atoms. The standard InChI is InChI=1S/C21H23NO4/c1-2-3-5-15-8-10-16(11-9-15)19(23)12-13-20(24)26-18-7-4-6-17(14-18)21(22)25/h4,6-11,14H,2-3,5,12-13H2,1H3,(H2,22,25). The zero-order valence-electron chi connectivity index (χ0n) is 14.9. The molecule has 2 aromatic rings. The molecule has 0 saturated carbocycles. The van der Waals surface area contributed by atoms with E-state index in [-0.39, 0.29) is 29.9 Å². The summed E-state index contributed by atoms with van der Waals surface area (Å²) in [5, 5.41) is 0. The molecule has 0 atom stereocenters. The number of amides is 1. The van der Waals surface area contributed by atoms with Crippen molar-refractivity contribution in [3.63, 3.8) is 0 Å². The fourth-order valence-electron chi connectivity index (χ4n) is 2.49. The molecule has 2 aromatic carbocycles. The van der Waals surface area contributed by atoms with E-state index in [9.17, 15) is 14.4 Å². The van der Waals surface area contributed by atoms with Crippen molar-refractivity contribution >= 4 is 17.7 Å². The number of ketones is 1. The van der Waals surface area contributed by atoms with Gasteiger partial charge in [-0.2, -0.15) is 0 Å². The molecule has 0 fully saturated rings. The fraction of sp³-hybridized carbons (Fsp3) is 0.286. The van der Waals surface area contributed by atoms with E-state index in [0.29, 0.717) is 5.56 Å². The minimum atomic E-state index is -0.597. The van der Waals surface area contributed by atoms with Gasteiger partial charge in [-0.05, 0) is 36.6 Å². The smallest absolute Gasteiger partial charge is 0.311 e. The van der Waals surface area contributed by atoms with Gasteiger partial charge < -0.3 is 10.5 Å². The number of ether oxygens (including phenoxy) is 1. The molecule has 0 saturated heterocycles. The van der Waals surface area contributed by atoms with Crippen LogP contribution in [0.2, 0.25) is 0 Å². The molecule has 2 N–H and O–H groups in total. The second kappa shape index (κ2) is 9.51. The highest BCUT2D eigenvalue weighted by atomic mass is 16.5. The van der Waals surface area contributed by atoms with Crippen molar-refractivity contribution in [3.05, 3.63) is 65.2 Å². The predicted molar refractivity (Wildman–Crippen MR) is 99.2 cm³/mol. The summed E-state index contributed by atoms with van der Waals surface area (Å²) in [5.41, 5.74) is 7.25. The number of carbonyl (C=O) groups is 3. The number of Topliss-reactive ketones (excluding diaryl/α,β-unsaturated/α-hetero) is 1. The monoisotopic (exact) mass is 353 g/mol. The lowest BCUT2D eigenvalue weighted by atomic mass is 10.0. The third-order valence-electron chi connectivity index (χ3n) is 4.00. The molecule has 0 heterocycles. The molecule has 2 rings (SSSR count). The van der Waals surface area contributed by atoms with Crippen molar-refractivity contribution in [3.8, 4) is 5.75 Å². The summed E-state index contributed by atoms with van der Waals surface area (Å²) in [6, 6.07) is 13.6. The zero-order chi connectivity index (χ0) is 18.9. The maximum atomic E-state index is 12.2. The van der Waals surface area contributed by atoms with E-state index < -0.39 is 11.9 Å². The van der Waals surface area contributed by atoms with Crippen LogP contribution in [0, 0.1) is 0 Å². The van der Waals surface area contributed by atoms with Crippen LogP contribution in [0.3, 0.4) is 0 Å². The first-order valence-corrected chi connectivity index (χ1v) is 8.72. The van der Waals surface area contributed by atoms with Crippen LogP contribution in [-0.2, 0) is 11.2 Å². The topological polar surface area (TPSA) is 86.5 Å². The highest BCUT2D eigenvalue weighted by Gasteiger charge is 2.12. The van der Waals surface area contributed by atoms with Gasteiger partial charge in [0.05, 0.1) is 6.42 Å². The Labute approximate surface area is 153 Å². The molecule has 0 aromatic heterocycles. The number of nitrogens with two attached hydrogens (primary N) is 1. The molecule has 136 valence electrons. The molecular formula is C21H23NO4. The van der Waals surface area contributed by atoms with Crippen molar-refractivity contribution in [2.75, 3.05) is 0 Å². The summed E-state index contributed by atoms with van der Waals surface area (Å²) in [6.07, 6.45) is 3.29. The Morgan fingerprint density at radius 1 is 0.962 bits per heavy atom. The Balaban J connectivity index is 1.85. The Bertz CT molecular complexity index is 781. The number of unbranched alkanes of at least 4 members (excludes halogenated alkanes) is 1. The van der Waals surface area contributed by atoms with Crippen LogP contribution >= 0.6 is 0 Å². The molecule has 0 aliphatic heterocycles. The van der Waals surface area contributed by atoms with Crippen LogP contribution in [-0.4, -0.2) is 17.7 Å². The third kappa shape index (κ3) is 5.84. The number of rotatable bonds is 9. The van der Waals surface area contributed by atoms with Crippen molar-refractivity contribution in [2.45, 2.75) is 39.0 Å². The number of primary amides is 1. The van der Waals surface area contributed by atoms with Crippen LogP contribution in [0.25, 0.3) is 0 Å². The number of esters is 1. The lowest BCUT2D eigenvalue weighted by Gasteiger charge is -2.06. The molecule has 0 aliphatic carbocycles. The first kappa shape index (κ1) is 19.4. The number of benzene rings is 2. The summed E-state index contributed by atoms with van der Waals surface area (Å²) in [4.78, 5) is 35.2. The Kier molecular flexibility index (Phi) is 7.09. The van der Waals surface area contributed by atoms with Gasteiger partial charge in [0.1, 0.15) is 5.75 Å². The highest BCUT2D eigenvalue weighted by Crippen LogP contribution is 2.15. The van der Waals surface area contributed by atoms with Gasteiger partial charge in [0.25, 0.3) is 0 Å². The summed E-state index contributed by atoms with van der Waals surface area (Å²) in [5.74, 6) is -0.992. The maximum Gasteiger partial charge on any atom is 0.311 e.